The Kier molecular flexibility index (Phi) is 4.88. The molecule has 136 valence electrons. The molecule has 1 aromatic heterocycles. The van der Waals surface area contributed by atoms with E-state index in [9.17, 15) is 4.79 Å². The molecule has 0 aromatic carbocycles. The van der Waals surface area contributed by atoms with Gasteiger partial charge in [-0.05, 0) is 58.2 Å². The van der Waals surface area contributed by atoms with Crippen molar-refractivity contribution >= 4 is 11.9 Å². The van der Waals surface area contributed by atoms with E-state index in [0.717, 1.165) is 44.8 Å². The quantitative estimate of drug-likeness (QED) is 0.837. The van der Waals surface area contributed by atoms with Crippen LogP contribution in [0.2, 0.25) is 0 Å². The summed E-state index contributed by atoms with van der Waals surface area (Å²) in [6, 6.07) is 2.81. The average molecular weight is 343 g/mol. The molecule has 0 N–H and O–H groups in total. The van der Waals surface area contributed by atoms with Crippen molar-refractivity contribution in [2.24, 2.45) is 5.92 Å². The lowest BCUT2D eigenvalue weighted by Gasteiger charge is -2.38. The summed E-state index contributed by atoms with van der Waals surface area (Å²) < 4.78 is 0. The van der Waals surface area contributed by atoms with E-state index in [1.807, 2.05) is 6.07 Å². The zero-order chi connectivity index (χ0) is 17.2. The average Bonchev–Trinajstić information content (AvgIpc) is 3.30. The first kappa shape index (κ1) is 16.8. The van der Waals surface area contributed by atoms with Crippen LogP contribution >= 0.6 is 0 Å². The second-order valence-corrected chi connectivity index (χ2v) is 7.77. The first-order chi connectivity index (χ1) is 12.2. The first-order valence-corrected chi connectivity index (χ1v) is 9.77. The predicted octanol–water partition coefficient (Wildman–Crippen LogP) is 1.78. The number of anilines is 1. The Morgan fingerprint density at radius 2 is 1.72 bits per heavy atom. The van der Waals surface area contributed by atoms with Crippen LogP contribution in [-0.4, -0.2) is 71.0 Å². The summed E-state index contributed by atoms with van der Waals surface area (Å²) in [7, 11) is 2.22. The van der Waals surface area contributed by atoms with Gasteiger partial charge in [-0.15, -0.1) is 0 Å². The third-order valence-electron chi connectivity index (χ3n) is 6.21. The lowest BCUT2D eigenvalue weighted by molar-refractivity contribution is -0.137. The van der Waals surface area contributed by atoms with E-state index in [1.54, 1.807) is 12.4 Å². The number of likely N-dealkylation sites (tertiary alicyclic amines) is 2. The van der Waals surface area contributed by atoms with Gasteiger partial charge in [-0.1, -0.05) is 0 Å². The highest BCUT2D eigenvalue weighted by Gasteiger charge is 2.41. The fourth-order valence-corrected chi connectivity index (χ4v) is 4.94. The minimum absolute atomic E-state index is 0.0878. The molecule has 4 rings (SSSR count). The molecule has 3 atom stereocenters. The number of aromatic nitrogens is 2. The molecule has 6 heteroatoms. The first-order valence-electron chi connectivity index (χ1n) is 9.77. The SMILES string of the molecule is CN1CCC[C@@H]1[C@@H]1CCCN1C(=O)[C@H]1CCCN(c2ncccn2)C1. The van der Waals surface area contributed by atoms with Crippen molar-refractivity contribution in [2.45, 2.75) is 50.6 Å². The van der Waals surface area contributed by atoms with Gasteiger partial charge < -0.3 is 14.7 Å². The van der Waals surface area contributed by atoms with Crippen LogP contribution in [0.4, 0.5) is 5.95 Å². The summed E-state index contributed by atoms with van der Waals surface area (Å²) >= 11 is 0. The molecule has 0 aliphatic carbocycles. The Balaban J connectivity index is 1.44. The van der Waals surface area contributed by atoms with E-state index in [4.69, 9.17) is 0 Å². The minimum Gasteiger partial charge on any atom is -0.340 e. The van der Waals surface area contributed by atoms with Crippen molar-refractivity contribution < 1.29 is 4.79 Å². The third kappa shape index (κ3) is 3.36. The van der Waals surface area contributed by atoms with Crippen molar-refractivity contribution in [3.8, 4) is 0 Å². The highest BCUT2D eigenvalue weighted by Crippen LogP contribution is 2.31. The summed E-state index contributed by atoms with van der Waals surface area (Å²) in [6.07, 6.45) is 10.4. The van der Waals surface area contributed by atoms with Crippen LogP contribution in [0.25, 0.3) is 0 Å². The van der Waals surface area contributed by atoms with Gasteiger partial charge in [0.2, 0.25) is 11.9 Å². The molecule has 3 aliphatic rings. The summed E-state index contributed by atoms with van der Waals surface area (Å²) in [6.45, 7) is 3.81. The normalized spacial score (nSPS) is 30.8. The van der Waals surface area contributed by atoms with Crippen LogP contribution in [0, 0.1) is 5.92 Å². The van der Waals surface area contributed by atoms with E-state index in [-0.39, 0.29) is 5.92 Å². The van der Waals surface area contributed by atoms with Crippen LogP contribution in [0.1, 0.15) is 38.5 Å². The number of carbonyl (C=O) groups excluding carboxylic acids is 1. The molecule has 4 heterocycles. The van der Waals surface area contributed by atoms with Gasteiger partial charge in [0.1, 0.15) is 0 Å². The molecule has 1 amide bonds. The van der Waals surface area contributed by atoms with Gasteiger partial charge in [-0.3, -0.25) is 4.79 Å². The smallest absolute Gasteiger partial charge is 0.227 e. The molecule has 3 aliphatic heterocycles. The summed E-state index contributed by atoms with van der Waals surface area (Å²) in [4.78, 5) is 28.9. The van der Waals surface area contributed by atoms with Crippen LogP contribution in [-0.2, 0) is 4.79 Å². The number of nitrogens with zero attached hydrogens (tertiary/aromatic N) is 5. The van der Waals surface area contributed by atoms with Gasteiger partial charge in [-0.25, -0.2) is 9.97 Å². The number of amides is 1. The number of carbonyl (C=O) groups is 1. The second kappa shape index (κ2) is 7.28. The fourth-order valence-electron chi connectivity index (χ4n) is 4.94. The summed E-state index contributed by atoms with van der Waals surface area (Å²) in [5.74, 6) is 1.21. The van der Waals surface area contributed by atoms with Crippen molar-refractivity contribution in [1.82, 2.24) is 19.8 Å². The van der Waals surface area contributed by atoms with E-state index in [1.165, 1.54) is 25.8 Å². The standard InChI is InChI=1S/C19H29N5O/c1-22-11-3-7-16(22)17-8-4-13-24(17)18(25)15-6-2-12-23(14-15)19-20-9-5-10-21-19/h5,9-10,15-17H,2-4,6-8,11-14H2,1H3/t15-,16+,17-/m0/s1. The molecule has 0 unspecified atom stereocenters. The van der Waals surface area contributed by atoms with E-state index >= 15 is 0 Å². The van der Waals surface area contributed by atoms with Crippen molar-refractivity contribution in [2.75, 3.05) is 38.1 Å². The monoisotopic (exact) mass is 343 g/mol. The van der Waals surface area contributed by atoms with Crippen molar-refractivity contribution in [3.05, 3.63) is 18.5 Å². The number of piperidine rings is 1. The highest BCUT2D eigenvalue weighted by atomic mass is 16.2. The van der Waals surface area contributed by atoms with Gasteiger partial charge in [0.15, 0.2) is 0 Å². The Morgan fingerprint density at radius 1 is 1.00 bits per heavy atom. The van der Waals surface area contributed by atoms with Crippen molar-refractivity contribution in [3.63, 3.8) is 0 Å². The maximum Gasteiger partial charge on any atom is 0.227 e. The van der Waals surface area contributed by atoms with E-state index in [2.05, 4.69) is 31.7 Å². The largest absolute Gasteiger partial charge is 0.340 e. The fraction of sp³-hybridized carbons (Fsp3) is 0.737. The topological polar surface area (TPSA) is 52.6 Å². The third-order valence-corrected chi connectivity index (χ3v) is 6.21. The van der Waals surface area contributed by atoms with E-state index < -0.39 is 0 Å². The molecule has 25 heavy (non-hydrogen) atoms. The van der Waals surface area contributed by atoms with Crippen LogP contribution in [0.5, 0.6) is 0 Å². The van der Waals surface area contributed by atoms with Gasteiger partial charge in [0.25, 0.3) is 0 Å². The molecular formula is C19H29N5O. The Morgan fingerprint density at radius 3 is 2.48 bits per heavy atom. The molecule has 3 fully saturated rings. The molecule has 0 spiro atoms. The van der Waals surface area contributed by atoms with Gasteiger partial charge in [0.05, 0.1) is 5.92 Å². The van der Waals surface area contributed by atoms with Crippen molar-refractivity contribution in [1.29, 1.82) is 0 Å². The van der Waals surface area contributed by atoms with E-state index in [0.29, 0.717) is 18.0 Å². The molecule has 6 nitrogen and oxygen atoms in total. The molecule has 3 saturated heterocycles. The van der Waals surface area contributed by atoms with Crippen LogP contribution in [0.15, 0.2) is 18.5 Å². The lowest BCUT2D eigenvalue weighted by Crippen LogP contribution is -2.51. The zero-order valence-corrected chi connectivity index (χ0v) is 15.2. The maximum atomic E-state index is 13.3. The second-order valence-electron chi connectivity index (χ2n) is 7.77. The Labute approximate surface area is 150 Å². The van der Waals surface area contributed by atoms with Crippen LogP contribution in [0.3, 0.4) is 0 Å². The number of hydrogen-bond donors (Lipinski definition) is 0. The predicted molar refractivity (Wildman–Crippen MR) is 97.4 cm³/mol. The van der Waals surface area contributed by atoms with Crippen LogP contribution < -0.4 is 4.90 Å². The Hall–Kier alpha value is -1.69. The minimum atomic E-state index is 0.0878. The molecular weight excluding hydrogens is 314 g/mol. The number of hydrogen-bond acceptors (Lipinski definition) is 5. The van der Waals surface area contributed by atoms with Gasteiger partial charge >= 0.3 is 0 Å². The number of likely N-dealkylation sites (N-methyl/N-ethyl adjacent to an activating group) is 1. The molecule has 0 saturated carbocycles. The zero-order valence-electron chi connectivity index (χ0n) is 15.2. The summed E-state index contributed by atoms with van der Waals surface area (Å²) in [5, 5.41) is 0. The lowest BCUT2D eigenvalue weighted by atomic mass is 9.95. The Bertz CT molecular complexity index is 595. The number of rotatable bonds is 3. The molecule has 0 radical (unpaired) electrons. The summed E-state index contributed by atoms with van der Waals surface area (Å²) in [5.41, 5.74) is 0. The highest BCUT2D eigenvalue weighted by molar-refractivity contribution is 5.80. The van der Waals surface area contributed by atoms with Gasteiger partial charge in [0, 0.05) is 44.1 Å². The molecule has 1 aromatic rings. The van der Waals surface area contributed by atoms with Gasteiger partial charge in [-0.2, -0.15) is 0 Å². The molecule has 0 bridgehead atoms. The maximum absolute atomic E-state index is 13.3.